The van der Waals surface area contributed by atoms with Gasteiger partial charge in [-0.2, -0.15) is 0 Å². The van der Waals surface area contributed by atoms with Crippen molar-refractivity contribution >= 4 is 16.6 Å². The second-order valence-electron chi connectivity index (χ2n) is 7.41. The van der Waals surface area contributed by atoms with Crippen LogP contribution in [0, 0.1) is 5.92 Å². The normalized spacial score (nSPS) is 16.2. The highest BCUT2D eigenvalue weighted by Crippen LogP contribution is 2.22. The predicted molar refractivity (Wildman–Crippen MR) is 106 cm³/mol. The summed E-state index contributed by atoms with van der Waals surface area (Å²) in [7, 11) is 0. The van der Waals surface area contributed by atoms with Gasteiger partial charge in [0.2, 0.25) is 0 Å². The van der Waals surface area contributed by atoms with Gasteiger partial charge in [-0.1, -0.05) is 54.6 Å². The molecule has 3 nitrogen and oxygen atoms in total. The van der Waals surface area contributed by atoms with E-state index in [0.717, 1.165) is 37.7 Å². The first kappa shape index (κ1) is 17.0. The Bertz CT molecular complexity index is 827. The Kier molecular flexibility index (Phi) is 5.16. The average molecular weight is 346 g/mol. The van der Waals surface area contributed by atoms with Crippen LogP contribution in [0.15, 0.2) is 67.0 Å². The van der Waals surface area contributed by atoms with Crippen LogP contribution in [0.4, 0.5) is 0 Å². The van der Waals surface area contributed by atoms with Gasteiger partial charge < -0.3 is 9.47 Å². The van der Waals surface area contributed by atoms with E-state index in [4.69, 9.17) is 0 Å². The molecule has 0 saturated carbocycles. The number of benzene rings is 2. The standard InChI is InChI=1S/C23H26N2O/c26-23(20-6-2-1-3-7-20)12-15-24-13-10-19(11-14-24)16-25-17-21-8-4-5-9-22(21)18-25/h1-9,17-19H,10-16H2. The molecule has 1 fully saturated rings. The van der Waals surface area contributed by atoms with Gasteiger partial charge in [0.05, 0.1) is 0 Å². The zero-order valence-electron chi connectivity index (χ0n) is 15.2. The molecule has 3 heteroatoms. The SMILES string of the molecule is O=C(CCN1CCC(Cn2cc3ccccc3c2)CC1)c1ccccc1. The first-order chi connectivity index (χ1) is 12.8. The molecule has 0 bridgehead atoms. The Morgan fingerprint density at radius 3 is 2.15 bits per heavy atom. The van der Waals surface area contributed by atoms with E-state index in [2.05, 4.69) is 46.1 Å². The maximum Gasteiger partial charge on any atom is 0.164 e. The molecule has 26 heavy (non-hydrogen) atoms. The Morgan fingerprint density at radius 1 is 0.885 bits per heavy atom. The summed E-state index contributed by atoms with van der Waals surface area (Å²) in [5.74, 6) is 0.990. The van der Waals surface area contributed by atoms with Crippen LogP contribution in [0.2, 0.25) is 0 Å². The highest BCUT2D eigenvalue weighted by atomic mass is 16.1. The molecule has 0 aliphatic carbocycles. The number of Topliss-reactive ketones (excluding diaryl/α,β-unsaturated/α-hetero) is 1. The number of aromatic nitrogens is 1. The van der Waals surface area contributed by atoms with Gasteiger partial charge in [-0.05, 0) is 42.6 Å². The van der Waals surface area contributed by atoms with Crippen molar-refractivity contribution in [3.8, 4) is 0 Å². The summed E-state index contributed by atoms with van der Waals surface area (Å²) in [4.78, 5) is 14.7. The number of likely N-dealkylation sites (tertiary alicyclic amines) is 1. The Balaban J connectivity index is 1.24. The number of nitrogens with zero attached hydrogens (tertiary/aromatic N) is 2. The molecule has 0 radical (unpaired) electrons. The molecule has 2 heterocycles. The number of carbonyl (C=O) groups excluding carboxylic acids is 1. The number of carbonyl (C=O) groups is 1. The highest BCUT2D eigenvalue weighted by Gasteiger charge is 2.20. The number of fused-ring (bicyclic) bond motifs is 1. The van der Waals surface area contributed by atoms with Crippen molar-refractivity contribution in [1.82, 2.24) is 9.47 Å². The quantitative estimate of drug-likeness (QED) is 0.608. The lowest BCUT2D eigenvalue weighted by Gasteiger charge is -2.32. The molecule has 0 amide bonds. The molecule has 0 N–H and O–H groups in total. The van der Waals surface area contributed by atoms with Gasteiger partial charge in [-0.3, -0.25) is 4.79 Å². The lowest BCUT2D eigenvalue weighted by Crippen LogP contribution is -2.36. The van der Waals surface area contributed by atoms with E-state index in [0.29, 0.717) is 6.42 Å². The van der Waals surface area contributed by atoms with Crippen LogP contribution in [0.5, 0.6) is 0 Å². The Labute approximate surface area is 155 Å². The minimum Gasteiger partial charge on any atom is -0.353 e. The summed E-state index contributed by atoms with van der Waals surface area (Å²) >= 11 is 0. The Morgan fingerprint density at radius 2 is 1.50 bits per heavy atom. The Hall–Kier alpha value is -2.39. The van der Waals surface area contributed by atoms with Crippen LogP contribution in [0.3, 0.4) is 0 Å². The summed E-state index contributed by atoms with van der Waals surface area (Å²) in [5, 5.41) is 2.65. The van der Waals surface area contributed by atoms with E-state index >= 15 is 0 Å². The van der Waals surface area contributed by atoms with Crippen molar-refractivity contribution in [1.29, 1.82) is 0 Å². The number of ketones is 1. The van der Waals surface area contributed by atoms with Gasteiger partial charge in [0.25, 0.3) is 0 Å². The lowest BCUT2D eigenvalue weighted by atomic mass is 9.96. The minimum absolute atomic E-state index is 0.256. The van der Waals surface area contributed by atoms with Crippen LogP contribution in [0.25, 0.3) is 10.8 Å². The molecule has 2 aromatic carbocycles. The molecule has 0 spiro atoms. The van der Waals surface area contributed by atoms with Crippen molar-refractivity contribution in [3.63, 3.8) is 0 Å². The van der Waals surface area contributed by atoms with Gasteiger partial charge in [0.1, 0.15) is 0 Å². The van der Waals surface area contributed by atoms with Crippen LogP contribution in [-0.4, -0.2) is 34.9 Å². The van der Waals surface area contributed by atoms with Gasteiger partial charge in [0.15, 0.2) is 5.78 Å². The van der Waals surface area contributed by atoms with E-state index in [1.807, 2.05) is 30.3 Å². The highest BCUT2D eigenvalue weighted by molar-refractivity contribution is 5.96. The second-order valence-corrected chi connectivity index (χ2v) is 7.41. The monoisotopic (exact) mass is 346 g/mol. The first-order valence-corrected chi connectivity index (χ1v) is 9.63. The van der Waals surface area contributed by atoms with Crippen molar-refractivity contribution < 1.29 is 4.79 Å². The topological polar surface area (TPSA) is 25.2 Å². The van der Waals surface area contributed by atoms with E-state index < -0.39 is 0 Å². The fraction of sp³-hybridized carbons (Fsp3) is 0.348. The largest absolute Gasteiger partial charge is 0.353 e. The summed E-state index contributed by atoms with van der Waals surface area (Å²) in [5.41, 5.74) is 0.835. The number of rotatable bonds is 6. The molecule has 0 unspecified atom stereocenters. The van der Waals surface area contributed by atoms with Crippen molar-refractivity contribution in [2.45, 2.75) is 25.8 Å². The summed E-state index contributed by atoms with van der Waals surface area (Å²) in [6.07, 6.45) is 7.58. The third kappa shape index (κ3) is 4.05. The second kappa shape index (κ2) is 7.88. The molecule has 1 saturated heterocycles. The number of hydrogen-bond acceptors (Lipinski definition) is 2. The molecule has 1 aliphatic heterocycles. The third-order valence-corrected chi connectivity index (χ3v) is 5.53. The average Bonchev–Trinajstić information content (AvgIpc) is 3.10. The van der Waals surface area contributed by atoms with E-state index in [-0.39, 0.29) is 5.78 Å². The van der Waals surface area contributed by atoms with E-state index in [9.17, 15) is 4.79 Å². The maximum absolute atomic E-state index is 12.2. The fourth-order valence-electron chi connectivity index (χ4n) is 3.96. The zero-order valence-corrected chi connectivity index (χ0v) is 15.2. The minimum atomic E-state index is 0.256. The van der Waals surface area contributed by atoms with Gasteiger partial charge >= 0.3 is 0 Å². The maximum atomic E-state index is 12.2. The molecule has 1 aromatic heterocycles. The smallest absolute Gasteiger partial charge is 0.164 e. The van der Waals surface area contributed by atoms with E-state index in [1.165, 1.54) is 23.6 Å². The van der Waals surface area contributed by atoms with Gasteiger partial charge in [-0.25, -0.2) is 0 Å². The molecule has 1 aliphatic rings. The molecule has 4 rings (SSSR count). The molecule has 0 atom stereocenters. The van der Waals surface area contributed by atoms with Gasteiger partial charge in [-0.15, -0.1) is 0 Å². The summed E-state index contributed by atoms with van der Waals surface area (Å²) in [6.45, 7) is 4.19. The first-order valence-electron chi connectivity index (χ1n) is 9.63. The van der Waals surface area contributed by atoms with Crippen molar-refractivity contribution in [2.75, 3.05) is 19.6 Å². The van der Waals surface area contributed by atoms with Crippen molar-refractivity contribution in [2.24, 2.45) is 5.92 Å². The van der Waals surface area contributed by atoms with Crippen LogP contribution >= 0.6 is 0 Å². The molecule has 134 valence electrons. The van der Waals surface area contributed by atoms with E-state index in [1.54, 1.807) is 0 Å². The zero-order chi connectivity index (χ0) is 17.8. The van der Waals surface area contributed by atoms with Crippen LogP contribution in [-0.2, 0) is 6.54 Å². The fourth-order valence-corrected chi connectivity index (χ4v) is 3.96. The lowest BCUT2D eigenvalue weighted by molar-refractivity contribution is 0.0949. The summed E-state index contributed by atoms with van der Waals surface area (Å²) < 4.78 is 2.35. The molecular formula is C23H26N2O. The van der Waals surface area contributed by atoms with Crippen molar-refractivity contribution in [3.05, 3.63) is 72.6 Å². The van der Waals surface area contributed by atoms with Crippen LogP contribution < -0.4 is 0 Å². The van der Waals surface area contributed by atoms with Gasteiger partial charge in [0, 0.05) is 37.5 Å². The molecular weight excluding hydrogens is 320 g/mol. The number of hydrogen-bond donors (Lipinski definition) is 0. The van der Waals surface area contributed by atoms with Crippen LogP contribution in [0.1, 0.15) is 29.6 Å². The molecule has 3 aromatic rings. The third-order valence-electron chi connectivity index (χ3n) is 5.53. The summed E-state index contributed by atoms with van der Waals surface area (Å²) in [6, 6.07) is 18.2. The number of piperidine rings is 1. The predicted octanol–water partition coefficient (Wildman–Crippen LogP) is 4.63.